The Morgan fingerprint density at radius 1 is 1.03 bits per heavy atom. The van der Waals surface area contributed by atoms with Gasteiger partial charge in [-0.1, -0.05) is 25.0 Å². The number of carbonyl (C=O) groups is 3. The topological polar surface area (TPSA) is 95.5 Å². The van der Waals surface area contributed by atoms with Gasteiger partial charge in [-0.25, -0.2) is 0 Å². The van der Waals surface area contributed by atoms with E-state index in [4.69, 9.17) is 0 Å². The first-order valence-corrected chi connectivity index (χ1v) is 11.3. The molecule has 0 bridgehead atoms. The standard InChI is InChI=1S/C23H26N2O4S/c1-13-6-4-7-14(12-13)24-21(27)19-17-10-5-11-18(17)30-22(19)25-20(26)15-8-2-3-9-16(15)23(28)29/h4,6-7,12,15-16H,2-3,5,8-11H2,1H3,(H,24,27)(H,25,26)(H,28,29)/t15-,16+/m1/s1. The van der Waals surface area contributed by atoms with Crippen LogP contribution in [-0.2, 0) is 22.4 Å². The van der Waals surface area contributed by atoms with Crippen LogP contribution in [0.2, 0.25) is 0 Å². The summed E-state index contributed by atoms with van der Waals surface area (Å²) in [6.07, 6.45) is 5.50. The zero-order chi connectivity index (χ0) is 21.3. The van der Waals surface area contributed by atoms with Gasteiger partial charge in [-0.2, -0.15) is 0 Å². The molecule has 0 spiro atoms. The highest BCUT2D eigenvalue weighted by Gasteiger charge is 2.37. The maximum Gasteiger partial charge on any atom is 0.307 e. The van der Waals surface area contributed by atoms with E-state index in [1.54, 1.807) is 0 Å². The van der Waals surface area contributed by atoms with Crippen molar-refractivity contribution in [2.45, 2.75) is 51.9 Å². The van der Waals surface area contributed by atoms with Gasteiger partial charge in [-0.05, 0) is 62.3 Å². The summed E-state index contributed by atoms with van der Waals surface area (Å²) in [5.74, 6) is -2.64. The summed E-state index contributed by atoms with van der Waals surface area (Å²) in [5.41, 5.74) is 3.31. The molecule has 0 unspecified atom stereocenters. The van der Waals surface area contributed by atoms with Crippen molar-refractivity contribution in [1.82, 2.24) is 0 Å². The quantitative estimate of drug-likeness (QED) is 0.650. The van der Waals surface area contributed by atoms with Gasteiger partial charge >= 0.3 is 5.97 Å². The van der Waals surface area contributed by atoms with Crippen molar-refractivity contribution in [3.8, 4) is 0 Å². The Morgan fingerprint density at radius 2 is 1.80 bits per heavy atom. The minimum Gasteiger partial charge on any atom is -0.481 e. The molecule has 3 N–H and O–H groups in total. The summed E-state index contributed by atoms with van der Waals surface area (Å²) in [5, 5.41) is 15.9. The number of thiophene rings is 1. The summed E-state index contributed by atoms with van der Waals surface area (Å²) >= 11 is 1.45. The number of anilines is 2. The predicted octanol–water partition coefficient (Wildman–Crippen LogP) is 4.63. The number of hydrogen-bond donors (Lipinski definition) is 3. The van der Waals surface area contributed by atoms with Crippen LogP contribution in [0.1, 0.15) is 58.5 Å². The Kier molecular flexibility index (Phi) is 5.90. The second kappa shape index (κ2) is 8.60. The molecule has 1 aromatic heterocycles. The average molecular weight is 427 g/mol. The second-order valence-corrected chi connectivity index (χ2v) is 9.32. The van der Waals surface area contributed by atoms with Gasteiger partial charge in [0.25, 0.3) is 5.91 Å². The largest absolute Gasteiger partial charge is 0.481 e. The molecule has 0 saturated heterocycles. The molecule has 1 aromatic carbocycles. The van der Waals surface area contributed by atoms with E-state index < -0.39 is 17.8 Å². The number of rotatable bonds is 5. The molecule has 158 valence electrons. The van der Waals surface area contributed by atoms with E-state index in [1.807, 2.05) is 31.2 Å². The lowest BCUT2D eigenvalue weighted by Gasteiger charge is -2.27. The highest BCUT2D eigenvalue weighted by Crippen LogP contribution is 2.40. The van der Waals surface area contributed by atoms with Crippen molar-refractivity contribution in [1.29, 1.82) is 0 Å². The fourth-order valence-electron chi connectivity index (χ4n) is 4.59. The van der Waals surface area contributed by atoms with Crippen LogP contribution < -0.4 is 10.6 Å². The van der Waals surface area contributed by atoms with Gasteiger partial charge in [-0.3, -0.25) is 14.4 Å². The first-order valence-electron chi connectivity index (χ1n) is 10.5. The molecule has 1 saturated carbocycles. The number of aliphatic carboxylic acids is 1. The monoisotopic (exact) mass is 426 g/mol. The zero-order valence-corrected chi connectivity index (χ0v) is 17.8. The molecule has 6 nitrogen and oxygen atoms in total. The molecule has 2 atom stereocenters. The number of carboxylic acids is 1. The van der Waals surface area contributed by atoms with Gasteiger partial charge in [0.1, 0.15) is 5.00 Å². The van der Waals surface area contributed by atoms with Gasteiger partial charge < -0.3 is 15.7 Å². The Hall–Kier alpha value is -2.67. The van der Waals surface area contributed by atoms with Crippen LogP contribution in [0.15, 0.2) is 24.3 Å². The van der Waals surface area contributed by atoms with Crippen LogP contribution in [0, 0.1) is 18.8 Å². The van der Waals surface area contributed by atoms with Gasteiger partial charge in [0.15, 0.2) is 0 Å². The second-order valence-electron chi connectivity index (χ2n) is 8.21. The molecule has 0 radical (unpaired) electrons. The van der Waals surface area contributed by atoms with Crippen molar-refractivity contribution in [2.24, 2.45) is 11.8 Å². The predicted molar refractivity (Wildman–Crippen MR) is 117 cm³/mol. The van der Waals surface area contributed by atoms with Crippen molar-refractivity contribution in [3.63, 3.8) is 0 Å². The molecular formula is C23H26N2O4S. The summed E-state index contributed by atoms with van der Waals surface area (Å²) < 4.78 is 0. The molecule has 2 amide bonds. The lowest BCUT2D eigenvalue weighted by Crippen LogP contribution is -2.36. The zero-order valence-electron chi connectivity index (χ0n) is 17.0. The minimum atomic E-state index is -0.916. The van der Waals surface area contributed by atoms with Crippen molar-refractivity contribution < 1.29 is 19.5 Å². The number of benzene rings is 1. The number of carbonyl (C=O) groups excluding carboxylic acids is 2. The number of fused-ring (bicyclic) bond motifs is 1. The van der Waals surface area contributed by atoms with E-state index in [0.29, 0.717) is 29.1 Å². The maximum atomic E-state index is 13.1. The first-order chi connectivity index (χ1) is 14.4. The first kappa shape index (κ1) is 20.6. The molecular weight excluding hydrogens is 400 g/mol. The molecule has 4 rings (SSSR count). The summed E-state index contributed by atoms with van der Waals surface area (Å²) in [6.45, 7) is 1.96. The number of amides is 2. The molecule has 2 aliphatic carbocycles. The molecule has 0 aliphatic heterocycles. The smallest absolute Gasteiger partial charge is 0.307 e. The third-order valence-electron chi connectivity index (χ3n) is 6.08. The van der Waals surface area contributed by atoms with Crippen molar-refractivity contribution >= 4 is 39.8 Å². The van der Waals surface area contributed by atoms with Crippen LogP contribution in [0.3, 0.4) is 0 Å². The third kappa shape index (κ3) is 4.12. The number of aryl methyl sites for hydroxylation is 2. The van der Waals surface area contributed by atoms with Crippen LogP contribution in [0.5, 0.6) is 0 Å². The van der Waals surface area contributed by atoms with E-state index >= 15 is 0 Å². The number of nitrogens with one attached hydrogen (secondary N) is 2. The van der Waals surface area contributed by atoms with E-state index in [-0.39, 0.29) is 11.8 Å². The lowest BCUT2D eigenvalue weighted by molar-refractivity contribution is -0.147. The molecule has 1 fully saturated rings. The van der Waals surface area contributed by atoms with Gasteiger partial charge in [0.2, 0.25) is 5.91 Å². The molecule has 30 heavy (non-hydrogen) atoms. The fraction of sp³-hybridized carbons (Fsp3) is 0.435. The van der Waals surface area contributed by atoms with Crippen molar-refractivity contribution in [3.05, 3.63) is 45.8 Å². The Labute approximate surface area is 179 Å². The molecule has 1 heterocycles. The lowest BCUT2D eigenvalue weighted by atomic mass is 9.79. The average Bonchev–Trinajstić information content (AvgIpc) is 3.28. The van der Waals surface area contributed by atoms with Crippen LogP contribution in [-0.4, -0.2) is 22.9 Å². The molecule has 2 aliphatic rings. The summed E-state index contributed by atoms with van der Waals surface area (Å²) in [6, 6.07) is 7.60. The number of hydrogen-bond acceptors (Lipinski definition) is 4. The Balaban J connectivity index is 1.59. The van der Waals surface area contributed by atoms with Crippen LogP contribution in [0.4, 0.5) is 10.7 Å². The van der Waals surface area contributed by atoms with Crippen LogP contribution >= 0.6 is 11.3 Å². The van der Waals surface area contributed by atoms with Gasteiger partial charge in [-0.15, -0.1) is 11.3 Å². The Morgan fingerprint density at radius 3 is 2.53 bits per heavy atom. The Bertz CT molecular complexity index is 997. The highest BCUT2D eigenvalue weighted by atomic mass is 32.1. The summed E-state index contributed by atoms with van der Waals surface area (Å²) in [4.78, 5) is 38.9. The van der Waals surface area contributed by atoms with Crippen molar-refractivity contribution in [2.75, 3.05) is 10.6 Å². The SMILES string of the molecule is Cc1cccc(NC(=O)c2c(NC(=O)[C@@H]3CCCC[C@@H]3C(=O)O)sc3c2CCC3)c1. The van der Waals surface area contributed by atoms with E-state index in [9.17, 15) is 19.5 Å². The van der Waals surface area contributed by atoms with Gasteiger partial charge in [0, 0.05) is 10.6 Å². The molecule has 7 heteroatoms. The normalized spacial score (nSPS) is 20.4. The third-order valence-corrected chi connectivity index (χ3v) is 7.29. The molecule has 2 aromatic rings. The number of carboxylic acid groups (broad SMARTS) is 1. The summed E-state index contributed by atoms with van der Waals surface area (Å²) in [7, 11) is 0. The fourth-order valence-corrected chi connectivity index (χ4v) is 5.88. The van der Waals surface area contributed by atoms with E-state index in [1.165, 1.54) is 11.3 Å². The maximum absolute atomic E-state index is 13.1. The minimum absolute atomic E-state index is 0.228. The van der Waals surface area contributed by atoms with E-state index in [0.717, 1.165) is 48.1 Å². The highest BCUT2D eigenvalue weighted by molar-refractivity contribution is 7.17. The van der Waals surface area contributed by atoms with Gasteiger partial charge in [0.05, 0.1) is 17.4 Å². The van der Waals surface area contributed by atoms with E-state index in [2.05, 4.69) is 10.6 Å². The van der Waals surface area contributed by atoms with Crippen LogP contribution in [0.25, 0.3) is 0 Å².